The topological polar surface area (TPSA) is 108 Å². The SMILES string of the molecule is CN(Cc1ccc(C#Cc2ccc(C(=O)N[C@@H](CN)C(=O)NO)cc2)cc1)C1CCCCC1. The van der Waals surface area contributed by atoms with Crippen LogP contribution < -0.4 is 16.5 Å². The lowest BCUT2D eigenvalue weighted by molar-refractivity contribution is -0.130. The van der Waals surface area contributed by atoms with E-state index in [-0.39, 0.29) is 6.54 Å². The smallest absolute Gasteiger partial charge is 0.267 e. The molecule has 0 unspecified atom stereocenters. The molecule has 7 heteroatoms. The van der Waals surface area contributed by atoms with E-state index in [1.54, 1.807) is 24.3 Å². The van der Waals surface area contributed by atoms with E-state index >= 15 is 0 Å². The Balaban J connectivity index is 1.56. The maximum absolute atomic E-state index is 12.3. The predicted octanol–water partition coefficient (Wildman–Crippen LogP) is 2.41. The number of amides is 2. The molecule has 174 valence electrons. The van der Waals surface area contributed by atoms with Crippen molar-refractivity contribution in [2.75, 3.05) is 13.6 Å². The molecule has 2 amide bonds. The average Bonchev–Trinajstić information content (AvgIpc) is 2.87. The molecular weight excluding hydrogens is 416 g/mol. The summed E-state index contributed by atoms with van der Waals surface area (Å²) in [6.07, 6.45) is 6.64. The molecule has 0 heterocycles. The average molecular weight is 449 g/mol. The molecule has 0 bridgehead atoms. The minimum absolute atomic E-state index is 0.128. The number of benzene rings is 2. The van der Waals surface area contributed by atoms with Gasteiger partial charge in [0.05, 0.1) is 0 Å². The summed E-state index contributed by atoms with van der Waals surface area (Å²) in [7, 11) is 2.21. The molecule has 1 saturated carbocycles. The molecule has 2 aromatic carbocycles. The van der Waals surface area contributed by atoms with Crippen LogP contribution in [0.1, 0.15) is 59.2 Å². The van der Waals surface area contributed by atoms with Gasteiger partial charge < -0.3 is 11.1 Å². The highest BCUT2D eigenvalue weighted by Gasteiger charge is 2.19. The van der Waals surface area contributed by atoms with Gasteiger partial charge in [-0.25, -0.2) is 5.48 Å². The van der Waals surface area contributed by atoms with Gasteiger partial charge in [-0.05, 0) is 61.9 Å². The molecule has 7 nitrogen and oxygen atoms in total. The molecule has 1 fully saturated rings. The van der Waals surface area contributed by atoms with E-state index in [1.165, 1.54) is 43.1 Å². The molecule has 2 aromatic rings. The van der Waals surface area contributed by atoms with Crippen LogP contribution >= 0.6 is 0 Å². The monoisotopic (exact) mass is 448 g/mol. The quantitative estimate of drug-likeness (QED) is 0.296. The minimum atomic E-state index is -1.01. The third-order valence-electron chi connectivity index (χ3n) is 6.05. The zero-order valence-corrected chi connectivity index (χ0v) is 19.0. The number of carbonyl (C=O) groups is 2. The van der Waals surface area contributed by atoms with Gasteiger partial charge in [-0.15, -0.1) is 0 Å². The van der Waals surface area contributed by atoms with Crippen LogP contribution in [0.25, 0.3) is 0 Å². The second-order valence-corrected chi connectivity index (χ2v) is 8.47. The number of nitrogens with zero attached hydrogens (tertiary/aromatic N) is 1. The number of hydrogen-bond donors (Lipinski definition) is 4. The van der Waals surface area contributed by atoms with Crippen LogP contribution in [0, 0.1) is 11.8 Å². The van der Waals surface area contributed by atoms with Gasteiger partial charge in [0.15, 0.2) is 0 Å². The Bertz CT molecular complexity index is 987. The lowest BCUT2D eigenvalue weighted by atomic mass is 9.94. The van der Waals surface area contributed by atoms with Gasteiger partial charge in [0, 0.05) is 35.8 Å². The van der Waals surface area contributed by atoms with E-state index in [2.05, 4.69) is 41.2 Å². The molecule has 1 aliphatic carbocycles. The van der Waals surface area contributed by atoms with Crippen molar-refractivity contribution in [3.8, 4) is 11.8 Å². The van der Waals surface area contributed by atoms with Crippen molar-refractivity contribution < 1.29 is 14.8 Å². The van der Waals surface area contributed by atoms with Crippen LogP contribution in [0.2, 0.25) is 0 Å². The van der Waals surface area contributed by atoms with Gasteiger partial charge in [-0.1, -0.05) is 43.2 Å². The Morgan fingerprint density at radius 1 is 1.03 bits per heavy atom. The van der Waals surface area contributed by atoms with Gasteiger partial charge >= 0.3 is 0 Å². The highest BCUT2D eigenvalue weighted by atomic mass is 16.5. The van der Waals surface area contributed by atoms with Gasteiger partial charge in [0.2, 0.25) is 0 Å². The van der Waals surface area contributed by atoms with Gasteiger partial charge in [0.25, 0.3) is 11.8 Å². The number of carbonyl (C=O) groups excluding carboxylic acids is 2. The molecule has 3 rings (SSSR count). The maximum atomic E-state index is 12.3. The van der Waals surface area contributed by atoms with Crippen molar-refractivity contribution in [3.63, 3.8) is 0 Å². The van der Waals surface area contributed by atoms with Gasteiger partial charge in [0.1, 0.15) is 6.04 Å². The Morgan fingerprint density at radius 3 is 2.15 bits per heavy atom. The van der Waals surface area contributed by atoms with Crippen LogP contribution in [0.3, 0.4) is 0 Å². The zero-order valence-electron chi connectivity index (χ0n) is 19.0. The first-order chi connectivity index (χ1) is 16.0. The Labute approximate surface area is 195 Å². The van der Waals surface area contributed by atoms with Crippen LogP contribution in [0.4, 0.5) is 0 Å². The van der Waals surface area contributed by atoms with Crippen molar-refractivity contribution in [2.24, 2.45) is 5.73 Å². The first-order valence-electron chi connectivity index (χ1n) is 11.4. The number of rotatable bonds is 7. The molecule has 1 atom stereocenters. The summed E-state index contributed by atoms with van der Waals surface area (Å²) in [5.74, 6) is 5.05. The normalized spacial score (nSPS) is 14.8. The first kappa shape index (κ1) is 24.5. The van der Waals surface area contributed by atoms with Crippen LogP contribution in [-0.4, -0.2) is 47.6 Å². The Kier molecular flexibility index (Phi) is 9.02. The summed E-state index contributed by atoms with van der Waals surface area (Å²) < 4.78 is 0. The molecule has 0 aliphatic heterocycles. The molecular formula is C26H32N4O3. The fourth-order valence-corrected chi connectivity index (χ4v) is 4.03. The fraction of sp³-hybridized carbons (Fsp3) is 0.385. The summed E-state index contributed by atoms with van der Waals surface area (Å²) in [5, 5.41) is 11.2. The predicted molar refractivity (Wildman–Crippen MR) is 127 cm³/mol. The second kappa shape index (κ2) is 12.2. The lowest BCUT2D eigenvalue weighted by Crippen LogP contribution is -2.50. The van der Waals surface area contributed by atoms with Crippen molar-refractivity contribution >= 4 is 11.8 Å². The zero-order chi connectivity index (χ0) is 23.6. The molecule has 5 N–H and O–H groups in total. The van der Waals surface area contributed by atoms with Crippen molar-refractivity contribution in [1.29, 1.82) is 0 Å². The summed E-state index contributed by atoms with van der Waals surface area (Å²) in [4.78, 5) is 26.2. The lowest BCUT2D eigenvalue weighted by Gasteiger charge is -2.31. The van der Waals surface area contributed by atoms with E-state index < -0.39 is 17.9 Å². The molecule has 0 saturated heterocycles. The van der Waals surface area contributed by atoms with Crippen molar-refractivity contribution in [1.82, 2.24) is 15.7 Å². The number of hydrogen-bond acceptors (Lipinski definition) is 5. The van der Waals surface area contributed by atoms with E-state index in [0.717, 1.165) is 17.7 Å². The van der Waals surface area contributed by atoms with Crippen LogP contribution in [0.15, 0.2) is 48.5 Å². The molecule has 0 spiro atoms. The molecule has 1 aliphatic rings. The molecule has 33 heavy (non-hydrogen) atoms. The Hall–Kier alpha value is -3.18. The van der Waals surface area contributed by atoms with Crippen molar-refractivity contribution in [3.05, 3.63) is 70.8 Å². The highest BCUT2D eigenvalue weighted by Crippen LogP contribution is 2.22. The minimum Gasteiger partial charge on any atom is -0.339 e. The van der Waals surface area contributed by atoms with Crippen LogP contribution in [-0.2, 0) is 11.3 Å². The standard InChI is InChI=1S/C26H32N4O3/c1-30(23-5-3-2-4-6-23)18-21-11-9-19(10-12-21)7-8-20-13-15-22(16-14-20)25(31)28-24(17-27)26(32)29-33/h9-16,23-24,33H,2-6,17-18,27H2,1H3,(H,28,31)(H,29,32)/t24-/m0/s1. The second-order valence-electron chi connectivity index (χ2n) is 8.47. The number of hydroxylamine groups is 1. The van der Waals surface area contributed by atoms with E-state index in [0.29, 0.717) is 11.6 Å². The summed E-state index contributed by atoms with van der Waals surface area (Å²) in [6, 6.07) is 14.8. The first-order valence-corrected chi connectivity index (χ1v) is 11.4. The fourth-order valence-electron chi connectivity index (χ4n) is 4.03. The van der Waals surface area contributed by atoms with Gasteiger partial charge in [-0.2, -0.15) is 0 Å². The summed E-state index contributed by atoms with van der Waals surface area (Å²) in [6.45, 7) is 0.824. The highest BCUT2D eigenvalue weighted by molar-refractivity contribution is 5.97. The number of nitrogens with one attached hydrogen (secondary N) is 2. The van der Waals surface area contributed by atoms with Crippen LogP contribution in [0.5, 0.6) is 0 Å². The van der Waals surface area contributed by atoms with E-state index in [1.807, 2.05) is 12.1 Å². The third-order valence-corrected chi connectivity index (χ3v) is 6.05. The maximum Gasteiger partial charge on any atom is 0.267 e. The Morgan fingerprint density at radius 2 is 1.61 bits per heavy atom. The van der Waals surface area contributed by atoms with Gasteiger partial charge in [-0.3, -0.25) is 19.7 Å². The summed E-state index contributed by atoms with van der Waals surface area (Å²) in [5.41, 5.74) is 10.3. The largest absolute Gasteiger partial charge is 0.339 e. The number of nitrogens with two attached hydrogens (primary N) is 1. The van der Waals surface area contributed by atoms with Crippen molar-refractivity contribution in [2.45, 2.75) is 50.7 Å². The summed E-state index contributed by atoms with van der Waals surface area (Å²) >= 11 is 0. The molecule has 0 radical (unpaired) electrons. The van der Waals surface area contributed by atoms with E-state index in [4.69, 9.17) is 10.9 Å². The van der Waals surface area contributed by atoms with E-state index in [9.17, 15) is 9.59 Å². The third kappa shape index (κ3) is 7.16. The molecule has 0 aromatic heterocycles.